The highest BCUT2D eigenvalue weighted by atomic mass is 79.9. The highest BCUT2D eigenvalue weighted by molar-refractivity contribution is 9.10. The normalized spacial score (nSPS) is 12.4. The Morgan fingerprint density at radius 2 is 1.67 bits per heavy atom. The van der Waals surface area contributed by atoms with Gasteiger partial charge in [-0.25, -0.2) is 4.39 Å². The molecule has 0 saturated carbocycles. The molecule has 2 aromatic rings. The summed E-state index contributed by atoms with van der Waals surface area (Å²) in [7, 11) is 0. The Balaban J connectivity index is 2.01. The van der Waals surface area contributed by atoms with Crippen molar-refractivity contribution in [3.05, 3.63) is 69.9 Å². The van der Waals surface area contributed by atoms with Gasteiger partial charge in [-0.15, -0.1) is 0 Å². The van der Waals surface area contributed by atoms with E-state index in [-0.39, 0.29) is 11.9 Å². The number of hydrogen-bond acceptors (Lipinski definition) is 1. The Kier molecular flexibility index (Phi) is 4.50. The number of halogens is 2. The van der Waals surface area contributed by atoms with Crippen LogP contribution in [0.4, 0.5) is 4.39 Å². The lowest BCUT2D eigenvalue weighted by atomic mass is 10.00. The summed E-state index contributed by atoms with van der Waals surface area (Å²) >= 11 is 3.29. The van der Waals surface area contributed by atoms with Crippen molar-refractivity contribution in [1.29, 1.82) is 0 Å². The van der Waals surface area contributed by atoms with Crippen LogP contribution in [0.25, 0.3) is 0 Å². The Labute approximate surface area is 115 Å². The molecule has 0 radical (unpaired) electrons. The van der Waals surface area contributed by atoms with E-state index in [4.69, 9.17) is 5.73 Å². The van der Waals surface area contributed by atoms with Gasteiger partial charge in [-0.1, -0.05) is 46.3 Å². The largest absolute Gasteiger partial charge is 0.327 e. The summed E-state index contributed by atoms with van der Waals surface area (Å²) in [5.41, 5.74) is 8.23. The van der Waals surface area contributed by atoms with Crippen LogP contribution < -0.4 is 5.73 Å². The third-order valence-corrected chi connectivity index (χ3v) is 3.22. The average Bonchev–Trinajstić information content (AvgIpc) is 2.28. The van der Waals surface area contributed by atoms with E-state index in [0.29, 0.717) is 6.42 Å². The molecule has 0 aromatic heterocycles. The van der Waals surface area contributed by atoms with Gasteiger partial charge < -0.3 is 5.73 Å². The van der Waals surface area contributed by atoms with Gasteiger partial charge in [-0.05, 0) is 42.2 Å². The SMILES string of the molecule is NC(Cc1ccccc1)Cc1cc(F)cc(Br)c1. The summed E-state index contributed by atoms with van der Waals surface area (Å²) < 4.78 is 14.0. The molecule has 0 fully saturated rings. The minimum atomic E-state index is -0.230. The maximum Gasteiger partial charge on any atom is 0.124 e. The van der Waals surface area contributed by atoms with Crippen molar-refractivity contribution in [1.82, 2.24) is 0 Å². The summed E-state index contributed by atoms with van der Waals surface area (Å²) in [6, 6.07) is 15.0. The predicted molar refractivity (Wildman–Crippen MR) is 75.9 cm³/mol. The van der Waals surface area contributed by atoms with E-state index in [1.807, 2.05) is 24.3 Å². The lowest BCUT2D eigenvalue weighted by molar-refractivity contribution is 0.617. The number of rotatable bonds is 4. The van der Waals surface area contributed by atoms with Gasteiger partial charge >= 0.3 is 0 Å². The van der Waals surface area contributed by atoms with Crippen molar-refractivity contribution >= 4 is 15.9 Å². The fourth-order valence-electron chi connectivity index (χ4n) is 2.02. The van der Waals surface area contributed by atoms with Crippen molar-refractivity contribution in [3.8, 4) is 0 Å². The topological polar surface area (TPSA) is 26.0 Å². The van der Waals surface area contributed by atoms with Crippen LogP contribution in [0.1, 0.15) is 11.1 Å². The number of benzene rings is 2. The molecule has 0 aliphatic carbocycles. The highest BCUT2D eigenvalue weighted by Gasteiger charge is 2.07. The monoisotopic (exact) mass is 307 g/mol. The maximum atomic E-state index is 13.2. The Morgan fingerprint density at radius 1 is 1.00 bits per heavy atom. The highest BCUT2D eigenvalue weighted by Crippen LogP contribution is 2.16. The molecule has 0 spiro atoms. The lowest BCUT2D eigenvalue weighted by Crippen LogP contribution is -2.25. The Hall–Kier alpha value is -1.19. The van der Waals surface area contributed by atoms with Crippen molar-refractivity contribution in [2.24, 2.45) is 5.73 Å². The zero-order chi connectivity index (χ0) is 13.0. The van der Waals surface area contributed by atoms with E-state index in [1.165, 1.54) is 17.7 Å². The van der Waals surface area contributed by atoms with Gasteiger partial charge in [0.1, 0.15) is 5.82 Å². The molecule has 94 valence electrons. The van der Waals surface area contributed by atoms with Crippen LogP contribution in [0.15, 0.2) is 53.0 Å². The van der Waals surface area contributed by atoms with Crippen molar-refractivity contribution in [3.63, 3.8) is 0 Å². The minimum absolute atomic E-state index is 0.00102. The Morgan fingerprint density at radius 3 is 2.33 bits per heavy atom. The van der Waals surface area contributed by atoms with Crippen LogP contribution in [-0.4, -0.2) is 6.04 Å². The zero-order valence-corrected chi connectivity index (χ0v) is 11.5. The quantitative estimate of drug-likeness (QED) is 0.915. The first-order chi connectivity index (χ1) is 8.63. The second-order valence-corrected chi connectivity index (χ2v) is 5.35. The zero-order valence-electron chi connectivity index (χ0n) is 9.94. The van der Waals surface area contributed by atoms with Gasteiger partial charge in [-0.3, -0.25) is 0 Å². The molecule has 1 nitrogen and oxygen atoms in total. The molecule has 1 atom stereocenters. The van der Waals surface area contributed by atoms with Crippen LogP contribution in [0.5, 0.6) is 0 Å². The van der Waals surface area contributed by atoms with Crippen LogP contribution >= 0.6 is 15.9 Å². The lowest BCUT2D eigenvalue weighted by Gasteiger charge is -2.12. The third-order valence-electron chi connectivity index (χ3n) is 2.76. The molecule has 2 N–H and O–H groups in total. The summed E-state index contributed by atoms with van der Waals surface area (Å²) in [5, 5.41) is 0. The smallest absolute Gasteiger partial charge is 0.124 e. The molecule has 1 unspecified atom stereocenters. The number of hydrogen-bond donors (Lipinski definition) is 1. The molecule has 0 bridgehead atoms. The standard InChI is InChI=1S/C15H15BrFN/c16-13-6-12(7-14(17)10-13)9-15(18)8-11-4-2-1-3-5-11/h1-7,10,15H,8-9,18H2. The van der Waals surface area contributed by atoms with Crippen molar-refractivity contribution in [2.45, 2.75) is 18.9 Å². The summed E-state index contributed by atoms with van der Waals surface area (Å²) in [6.45, 7) is 0. The first-order valence-corrected chi connectivity index (χ1v) is 6.67. The predicted octanol–water partition coefficient (Wildman–Crippen LogP) is 3.70. The molecule has 0 saturated heterocycles. The van der Waals surface area contributed by atoms with Crippen LogP contribution in [-0.2, 0) is 12.8 Å². The molecule has 2 rings (SSSR count). The first-order valence-electron chi connectivity index (χ1n) is 5.88. The molecule has 0 aliphatic heterocycles. The van der Waals surface area contributed by atoms with Gasteiger partial charge in [-0.2, -0.15) is 0 Å². The van der Waals surface area contributed by atoms with Gasteiger partial charge in [0.2, 0.25) is 0 Å². The van der Waals surface area contributed by atoms with E-state index in [1.54, 1.807) is 0 Å². The van der Waals surface area contributed by atoms with E-state index >= 15 is 0 Å². The van der Waals surface area contributed by atoms with Gasteiger partial charge in [0.15, 0.2) is 0 Å². The van der Waals surface area contributed by atoms with Crippen LogP contribution in [0.3, 0.4) is 0 Å². The molecule has 18 heavy (non-hydrogen) atoms. The maximum absolute atomic E-state index is 13.2. The van der Waals surface area contributed by atoms with E-state index in [2.05, 4.69) is 28.1 Å². The van der Waals surface area contributed by atoms with Gasteiger partial charge in [0.25, 0.3) is 0 Å². The minimum Gasteiger partial charge on any atom is -0.327 e. The summed E-state index contributed by atoms with van der Waals surface area (Å²) in [6.07, 6.45) is 1.47. The second-order valence-electron chi connectivity index (χ2n) is 4.43. The fourth-order valence-corrected chi connectivity index (χ4v) is 2.53. The van der Waals surface area contributed by atoms with E-state index < -0.39 is 0 Å². The second kappa shape index (κ2) is 6.12. The van der Waals surface area contributed by atoms with Crippen molar-refractivity contribution < 1.29 is 4.39 Å². The van der Waals surface area contributed by atoms with Gasteiger partial charge in [0, 0.05) is 10.5 Å². The fraction of sp³-hybridized carbons (Fsp3) is 0.200. The van der Waals surface area contributed by atoms with Gasteiger partial charge in [0.05, 0.1) is 0 Å². The molecular weight excluding hydrogens is 293 g/mol. The first kappa shape index (κ1) is 13.2. The molecular formula is C15H15BrFN. The van der Waals surface area contributed by atoms with E-state index in [9.17, 15) is 4.39 Å². The molecule has 3 heteroatoms. The summed E-state index contributed by atoms with van der Waals surface area (Å²) in [5.74, 6) is -0.230. The molecule has 0 amide bonds. The van der Waals surface area contributed by atoms with Crippen molar-refractivity contribution in [2.75, 3.05) is 0 Å². The van der Waals surface area contributed by atoms with Crippen LogP contribution in [0, 0.1) is 5.82 Å². The third kappa shape index (κ3) is 3.93. The van der Waals surface area contributed by atoms with E-state index in [0.717, 1.165) is 16.5 Å². The average molecular weight is 308 g/mol. The molecule has 2 aromatic carbocycles. The molecule has 0 heterocycles. The summed E-state index contributed by atoms with van der Waals surface area (Å²) in [4.78, 5) is 0. The number of nitrogens with two attached hydrogens (primary N) is 1. The molecule has 0 aliphatic rings. The van der Waals surface area contributed by atoms with Crippen LogP contribution in [0.2, 0.25) is 0 Å². The Bertz CT molecular complexity index is 493.